The fourth-order valence-electron chi connectivity index (χ4n) is 2.99. The van der Waals surface area contributed by atoms with E-state index in [1.807, 2.05) is 25.7 Å². The third-order valence-electron chi connectivity index (χ3n) is 4.19. The minimum Gasteiger partial charge on any atom is -0.444 e. The average Bonchev–Trinajstić information content (AvgIpc) is 2.47. The first-order chi connectivity index (χ1) is 11.2. The van der Waals surface area contributed by atoms with Crippen LogP contribution in [0.3, 0.4) is 0 Å². The summed E-state index contributed by atoms with van der Waals surface area (Å²) in [7, 11) is 0. The third-order valence-corrected chi connectivity index (χ3v) is 4.72. The number of halogens is 1. The summed E-state index contributed by atoms with van der Waals surface area (Å²) in [6.45, 7) is 11.5. The molecular weight excluding hydrogens is 368 g/mol. The Morgan fingerprint density at radius 2 is 1.92 bits per heavy atom. The standard InChI is InChI=1S/C19H29BrN2O2/c1-15-14-21(11-5-6-16-7-9-17(20)10-8-16)12-13-22(15)18(23)24-19(2,3)4/h7-10,15H,5-6,11-14H2,1-4H3. The first kappa shape index (κ1) is 19.3. The Balaban J connectivity index is 1.74. The Morgan fingerprint density at radius 1 is 1.25 bits per heavy atom. The Hall–Kier alpha value is -1.07. The molecule has 0 aliphatic carbocycles. The maximum atomic E-state index is 12.2. The molecule has 1 aromatic rings. The van der Waals surface area contributed by atoms with Gasteiger partial charge in [0.25, 0.3) is 0 Å². The van der Waals surface area contributed by atoms with Crippen LogP contribution < -0.4 is 0 Å². The lowest BCUT2D eigenvalue weighted by Crippen LogP contribution is -2.55. The number of hydrogen-bond donors (Lipinski definition) is 0. The van der Waals surface area contributed by atoms with Gasteiger partial charge >= 0.3 is 6.09 Å². The summed E-state index contributed by atoms with van der Waals surface area (Å²) < 4.78 is 6.62. The molecule has 1 aromatic carbocycles. The van der Waals surface area contributed by atoms with Gasteiger partial charge in [-0.2, -0.15) is 0 Å². The highest BCUT2D eigenvalue weighted by molar-refractivity contribution is 9.10. The van der Waals surface area contributed by atoms with Gasteiger partial charge in [0, 0.05) is 30.1 Å². The summed E-state index contributed by atoms with van der Waals surface area (Å²) in [6, 6.07) is 8.73. The molecule has 1 heterocycles. The predicted octanol–water partition coefficient (Wildman–Crippen LogP) is 4.32. The maximum Gasteiger partial charge on any atom is 0.410 e. The van der Waals surface area contributed by atoms with Crippen molar-refractivity contribution in [3.05, 3.63) is 34.3 Å². The quantitative estimate of drug-likeness (QED) is 0.759. The largest absolute Gasteiger partial charge is 0.444 e. The Labute approximate surface area is 154 Å². The fourth-order valence-corrected chi connectivity index (χ4v) is 3.25. The molecule has 0 spiro atoms. The van der Waals surface area contributed by atoms with Crippen molar-refractivity contribution >= 4 is 22.0 Å². The van der Waals surface area contributed by atoms with Gasteiger partial charge in [0.15, 0.2) is 0 Å². The number of ether oxygens (including phenoxy) is 1. The molecule has 1 amide bonds. The Kier molecular flexibility index (Phi) is 6.70. The molecule has 1 saturated heterocycles. The van der Waals surface area contributed by atoms with Gasteiger partial charge in [0.1, 0.15) is 5.60 Å². The van der Waals surface area contributed by atoms with E-state index >= 15 is 0 Å². The summed E-state index contributed by atoms with van der Waals surface area (Å²) in [5.41, 5.74) is 0.942. The van der Waals surface area contributed by atoms with Crippen LogP contribution >= 0.6 is 15.9 Å². The van der Waals surface area contributed by atoms with E-state index in [-0.39, 0.29) is 12.1 Å². The molecule has 1 unspecified atom stereocenters. The van der Waals surface area contributed by atoms with Crippen LogP contribution in [0.1, 0.15) is 39.7 Å². The SMILES string of the molecule is CC1CN(CCCc2ccc(Br)cc2)CCN1C(=O)OC(C)(C)C. The normalized spacial score (nSPS) is 19.4. The van der Waals surface area contributed by atoms with Crippen molar-refractivity contribution in [3.8, 4) is 0 Å². The lowest BCUT2D eigenvalue weighted by atomic mass is 10.1. The van der Waals surface area contributed by atoms with Crippen molar-refractivity contribution in [3.63, 3.8) is 0 Å². The average molecular weight is 397 g/mol. The number of benzene rings is 1. The zero-order chi connectivity index (χ0) is 17.7. The molecule has 1 atom stereocenters. The zero-order valence-corrected chi connectivity index (χ0v) is 16.8. The van der Waals surface area contributed by atoms with Crippen LogP contribution in [0.2, 0.25) is 0 Å². The topological polar surface area (TPSA) is 32.8 Å². The third kappa shape index (κ3) is 6.10. The highest BCUT2D eigenvalue weighted by atomic mass is 79.9. The van der Waals surface area contributed by atoms with Crippen LogP contribution in [-0.4, -0.2) is 53.7 Å². The van der Waals surface area contributed by atoms with E-state index in [0.29, 0.717) is 0 Å². The molecule has 1 aliphatic rings. The summed E-state index contributed by atoms with van der Waals surface area (Å²) in [5.74, 6) is 0. The number of carbonyl (C=O) groups is 1. The molecule has 0 bridgehead atoms. The van der Waals surface area contributed by atoms with E-state index < -0.39 is 5.60 Å². The van der Waals surface area contributed by atoms with Crippen molar-refractivity contribution in [1.29, 1.82) is 0 Å². The summed E-state index contributed by atoms with van der Waals surface area (Å²) in [4.78, 5) is 16.5. The van der Waals surface area contributed by atoms with E-state index in [1.54, 1.807) is 0 Å². The molecule has 4 nitrogen and oxygen atoms in total. The van der Waals surface area contributed by atoms with Gasteiger partial charge in [-0.15, -0.1) is 0 Å². The summed E-state index contributed by atoms with van der Waals surface area (Å²) in [5, 5.41) is 0. The molecule has 134 valence electrons. The summed E-state index contributed by atoms with van der Waals surface area (Å²) in [6.07, 6.45) is 2.04. The molecule has 0 N–H and O–H groups in total. The minimum absolute atomic E-state index is 0.190. The second-order valence-corrected chi connectivity index (χ2v) is 8.47. The zero-order valence-electron chi connectivity index (χ0n) is 15.2. The van der Waals surface area contributed by atoms with E-state index in [0.717, 1.165) is 43.5 Å². The Morgan fingerprint density at radius 3 is 2.50 bits per heavy atom. The highest BCUT2D eigenvalue weighted by Gasteiger charge is 2.30. The molecule has 24 heavy (non-hydrogen) atoms. The van der Waals surface area contributed by atoms with Gasteiger partial charge in [-0.05, 0) is 64.8 Å². The number of piperazine rings is 1. The van der Waals surface area contributed by atoms with Crippen LogP contribution in [0.5, 0.6) is 0 Å². The van der Waals surface area contributed by atoms with Gasteiger partial charge < -0.3 is 9.64 Å². The van der Waals surface area contributed by atoms with Crippen LogP contribution in [0.15, 0.2) is 28.7 Å². The van der Waals surface area contributed by atoms with Crippen molar-refractivity contribution in [2.24, 2.45) is 0 Å². The molecule has 5 heteroatoms. The van der Waals surface area contributed by atoms with E-state index in [4.69, 9.17) is 4.74 Å². The highest BCUT2D eigenvalue weighted by Crippen LogP contribution is 2.16. The van der Waals surface area contributed by atoms with Gasteiger partial charge in [0.2, 0.25) is 0 Å². The minimum atomic E-state index is -0.432. The summed E-state index contributed by atoms with van der Waals surface area (Å²) >= 11 is 3.47. The van der Waals surface area contributed by atoms with Crippen LogP contribution in [0.25, 0.3) is 0 Å². The maximum absolute atomic E-state index is 12.2. The Bertz CT molecular complexity index is 539. The van der Waals surface area contributed by atoms with Crippen molar-refractivity contribution < 1.29 is 9.53 Å². The molecule has 0 saturated carbocycles. The lowest BCUT2D eigenvalue weighted by Gasteiger charge is -2.40. The number of rotatable bonds is 4. The van der Waals surface area contributed by atoms with Crippen molar-refractivity contribution in [2.75, 3.05) is 26.2 Å². The van der Waals surface area contributed by atoms with Crippen molar-refractivity contribution in [1.82, 2.24) is 9.80 Å². The number of amides is 1. The van der Waals surface area contributed by atoms with E-state index in [2.05, 4.69) is 52.0 Å². The number of carbonyl (C=O) groups excluding carboxylic acids is 1. The predicted molar refractivity (Wildman–Crippen MR) is 101 cm³/mol. The number of nitrogens with zero attached hydrogens (tertiary/aromatic N) is 2. The number of hydrogen-bond acceptors (Lipinski definition) is 3. The van der Waals surface area contributed by atoms with Crippen molar-refractivity contribution in [2.45, 2.75) is 52.2 Å². The first-order valence-corrected chi connectivity index (χ1v) is 9.50. The molecule has 1 aliphatic heterocycles. The number of aryl methyl sites for hydroxylation is 1. The van der Waals surface area contributed by atoms with Gasteiger partial charge in [-0.3, -0.25) is 4.90 Å². The van der Waals surface area contributed by atoms with Crippen LogP contribution in [0, 0.1) is 0 Å². The molecule has 2 rings (SSSR count). The van der Waals surface area contributed by atoms with Gasteiger partial charge in [-0.25, -0.2) is 4.79 Å². The second kappa shape index (κ2) is 8.34. The fraction of sp³-hybridized carbons (Fsp3) is 0.632. The molecule has 1 fully saturated rings. The van der Waals surface area contributed by atoms with E-state index in [1.165, 1.54) is 5.56 Å². The molecular formula is C19H29BrN2O2. The monoisotopic (exact) mass is 396 g/mol. The van der Waals surface area contributed by atoms with Gasteiger partial charge in [0.05, 0.1) is 0 Å². The lowest BCUT2D eigenvalue weighted by molar-refractivity contribution is 0.00142. The van der Waals surface area contributed by atoms with Gasteiger partial charge in [-0.1, -0.05) is 28.1 Å². The van der Waals surface area contributed by atoms with Crippen LogP contribution in [-0.2, 0) is 11.2 Å². The molecule has 0 radical (unpaired) electrons. The first-order valence-electron chi connectivity index (χ1n) is 8.71. The smallest absolute Gasteiger partial charge is 0.410 e. The second-order valence-electron chi connectivity index (χ2n) is 7.55. The van der Waals surface area contributed by atoms with Crippen LogP contribution in [0.4, 0.5) is 4.79 Å². The van der Waals surface area contributed by atoms with E-state index in [9.17, 15) is 4.79 Å². The molecule has 0 aromatic heterocycles.